The highest BCUT2D eigenvalue weighted by atomic mass is 19.1. The smallest absolute Gasteiger partial charge is 0.146 e. The Morgan fingerprint density at radius 2 is 2.18 bits per heavy atom. The molecule has 2 rings (SSSR count). The molecule has 0 saturated carbocycles. The zero-order valence-corrected chi connectivity index (χ0v) is 14.4. The fourth-order valence-corrected chi connectivity index (χ4v) is 3.27. The van der Waals surface area contributed by atoms with Crippen LogP contribution in [0.25, 0.3) is 0 Å². The van der Waals surface area contributed by atoms with E-state index < -0.39 is 0 Å². The van der Waals surface area contributed by atoms with Crippen LogP contribution in [0.15, 0.2) is 18.2 Å². The van der Waals surface area contributed by atoms with E-state index in [0.29, 0.717) is 5.92 Å². The number of piperidine rings is 1. The predicted octanol–water partition coefficient (Wildman–Crippen LogP) is 4.90. The van der Waals surface area contributed by atoms with Crippen LogP contribution >= 0.6 is 0 Å². The molecule has 0 aliphatic carbocycles. The molecule has 3 heteroatoms. The Kier molecular flexibility index (Phi) is 6.69. The first-order valence-electron chi connectivity index (χ1n) is 8.89. The number of nitrogens with zero attached hydrogens (tertiary/aromatic N) is 1. The summed E-state index contributed by atoms with van der Waals surface area (Å²) < 4.78 is 14.5. The Morgan fingerprint density at radius 1 is 1.36 bits per heavy atom. The molecule has 1 fully saturated rings. The van der Waals surface area contributed by atoms with Crippen molar-refractivity contribution in [1.29, 1.82) is 0 Å². The van der Waals surface area contributed by atoms with E-state index in [1.54, 1.807) is 6.07 Å². The van der Waals surface area contributed by atoms with Gasteiger partial charge in [0.15, 0.2) is 0 Å². The van der Waals surface area contributed by atoms with Gasteiger partial charge in [0.25, 0.3) is 0 Å². The van der Waals surface area contributed by atoms with Crippen LogP contribution in [-0.2, 0) is 0 Å². The van der Waals surface area contributed by atoms with Gasteiger partial charge in [-0.25, -0.2) is 4.39 Å². The maximum absolute atomic E-state index is 14.5. The molecule has 2 nitrogen and oxygen atoms in total. The highest BCUT2D eigenvalue weighted by Crippen LogP contribution is 2.27. The lowest BCUT2D eigenvalue weighted by Crippen LogP contribution is -2.34. The number of halogens is 1. The normalized spacial score (nSPS) is 20.2. The Labute approximate surface area is 135 Å². The second kappa shape index (κ2) is 8.52. The van der Waals surface area contributed by atoms with Gasteiger partial charge in [0, 0.05) is 19.1 Å². The Morgan fingerprint density at radius 3 is 2.86 bits per heavy atom. The molecule has 1 heterocycles. The summed E-state index contributed by atoms with van der Waals surface area (Å²) in [4.78, 5) is 2.20. The molecule has 124 valence electrons. The van der Waals surface area contributed by atoms with Crippen LogP contribution < -0.4 is 10.2 Å². The maximum atomic E-state index is 14.5. The number of benzene rings is 1. The topological polar surface area (TPSA) is 15.3 Å². The van der Waals surface area contributed by atoms with E-state index >= 15 is 0 Å². The average Bonchev–Trinajstić information content (AvgIpc) is 2.51. The number of nitrogens with one attached hydrogen (secondary N) is 1. The number of unbranched alkanes of at least 4 members (excludes halogenated alkanes) is 2. The third-order valence-corrected chi connectivity index (χ3v) is 4.70. The van der Waals surface area contributed by atoms with Crippen molar-refractivity contribution in [3.8, 4) is 0 Å². The number of hydrogen-bond donors (Lipinski definition) is 1. The first-order valence-corrected chi connectivity index (χ1v) is 8.89. The summed E-state index contributed by atoms with van der Waals surface area (Å²) in [6.07, 6.45) is 6.09. The zero-order valence-electron chi connectivity index (χ0n) is 14.4. The lowest BCUT2D eigenvalue weighted by Gasteiger charge is -2.33. The van der Waals surface area contributed by atoms with Gasteiger partial charge in [-0.3, -0.25) is 0 Å². The van der Waals surface area contributed by atoms with Crippen molar-refractivity contribution in [2.24, 2.45) is 5.92 Å². The van der Waals surface area contributed by atoms with Crippen molar-refractivity contribution in [2.75, 3.05) is 24.5 Å². The van der Waals surface area contributed by atoms with Crippen molar-refractivity contribution in [1.82, 2.24) is 5.32 Å². The van der Waals surface area contributed by atoms with Gasteiger partial charge in [-0.1, -0.05) is 32.8 Å². The van der Waals surface area contributed by atoms with Crippen LogP contribution in [0.5, 0.6) is 0 Å². The monoisotopic (exact) mass is 306 g/mol. The molecule has 0 amide bonds. The van der Waals surface area contributed by atoms with Crippen molar-refractivity contribution >= 4 is 5.69 Å². The van der Waals surface area contributed by atoms with E-state index in [4.69, 9.17) is 0 Å². The standard InChI is InChI=1S/C19H31FN2/c1-4-5-6-11-21-16(3)17-9-10-19(18(20)13-17)22-12-7-8-15(2)14-22/h9-10,13,15-16,21H,4-8,11-12,14H2,1-3H3/t15-,16-/m1/s1. The first-order chi connectivity index (χ1) is 10.6. The molecule has 0 spiro atoms. The molecule has 1 aliphatic heterocycles. The number of anilines is 1. The number of rotatable bonds is 7. The summed E-state index contributed by atoms with van der Waals surface area (Å²) >= 11 is 0. The van der Waals surface area contributed by atoms with Crippen LogP contribution in [0.1, 0.15) is 64.5 Å². The molecule has 0 radical (unpaired) electrons. The van der Waals surface area contributed by atoms with Gasteiger partial charge in [0.2, 0.25) is 0 Å². The summed E-state index contributed by atoms with van der Waals surface area (Å²) in [6, 6.07) is 5.97. The lowest BCUT2D eigenvalue weighted by atomic mass is 9.99. The molecule has 1 aromatic rings. The van der Waals surface area contributed by atoms with Crippen LogP contribution in [0, 0.1) is 11.7 Å². The predicted molar refractivity (Wildman–Crippen MR) is 93.0 cm³/mol. The second-order valence-corrected chi connectivity index (χ2v) is 6.79. The SMILES string of the molecule is CCCCCN[C@H](C)c1ccc(N2CCC[C@@H](C)C2)c(F)c1. The molecule has 1 saturated heterocycles. The Bertz CT molecular complexity index is 461. The van der Waals surface area contributed by atoms with Crippen molar-refractivity contribution < 1.29 is 4.39 Å². The van der Waals surface area contributed by atoms with Crippen LogP contribution in [0.3, 0.4) is 0 Å². The van der Waals surface area contributed by atoms with Gasteiger partial charge in [-0.15, -0.1) is 0 Å². The van der Waals surface area contributed by atoms with Crippen LogP contribution in [0.4, 0.5) is 10.1 Å². The maximum Gasteiger partial charge on any atom is 0.146 e. The van der Waals surface area contributed by atoms with Crippen LogP contribution in [0.2, 0.25) is 0 Å². The number of hydrogen-bond acceptors (Lipinski definition) is 2. The van der Waals surface area contributed by atoms with Gasteiger partial charge in [0.05, 0.1) is 5.69 Å². The summed E-state index contributed by atoms with van der Waals surface area (Å²) in [5.74, 6) is 0.584. The molecule has 1 N–H and O–H groups in total. The molecule has 22 heavy (non-hydrogen) atoms. The fourth-order valence-electron chi connectivity index (χ4n) is 3.27. The third-order valence-electron chi connectivity index (χ3n) is 4.70. The minimum atomic E-state index is -0.0752. The van der Waals surface area contributed by atoms with Gasteiger partial charge in [-0.05, 0) is 56.3 Å². The molecule has 0 bridgehead atoms. The summed E-state index contributed by atoms with van der Waals surface area (Å²) in [5.41, 5.74) is 1.82. The van der Waals surface area contributed by atoms with Gasteiger partial charge < -0.3 is 10.2 Å². The molecule has 1 aromatic carbocycles. The van der Waals surface area contributed by atoms with E-state index in [9.17, 15) is 4.39 Å². The van der Waals surface area contributed by atoms with E-state index in [-0.39, 0.29) is 11.9 Å². The highest BCUT2D eigenvalue weighted by molar-refractivity contribution is 5.50. The minimum absolute atomic E-state index is 0.0752. The molecule has 0 aromatic heterocycles. The Hall–Kier alpha value is -1.09. The average molecular weight is 306 g/mol. The van der Waals surface area contributed by atoms with E-state index in [1.165, 1.54) is 25.7 Å². The van der Waals surface area contributed by atoms with Crippen molar-refractivity contribution in [3.63, 3.8) is 0 Å². The minimum Gasteiger partial charge on any atom is -0.369 e. The van der Waals surface area contributed by atoms with E-state index in [0.717, 1.165) is 37.3 Å². The molecular formula is C19H31FN2. The second-order valence-electron chi connectivity index (χ2n) is 6.79. The van der Waals surface area contributed by atoms with Crippen molar-refractivity contribution in [3.05, 3.63) is 29.6 Å². The molecule has 2 atom stereocenters. The summed E-state index contributed by atoms with van der Waals surface area (Å²) in [7, 11) is 0. The highest BCUT2D eigenvalue weighted by Gasteiger charge is 2.19. The van der Waals surface area contributed by atoms with Crippen molar-refractivity contribution in [2.45, 2.75) is 58.9 Å². The lowest BCUT2D eigenvalue weighted by molar-refractivity contribution is 0.442. The molecule has 0 unspecified atom stereocenters. The summed E-state index contributed by atoms with van der Waals surface area (Å²) in [6.45, 7) is 9.53. The Balaban J connectivity index is 1.96. The molecule has 1 aliphatic rings. The zero-order chi connectivity index (χ0) is 15.9. The largest absolute Gasteiger partial charge is 0.369 e. The summed E-state index contributed by atoms with van der Waals surface area (Å²) in [5, 5.41) is 3.49. The van der Waals surface area contributed by atoms with Gasteiger partial charge >= 0.3 is 0 Å². The van der Waals surface area contributed by atoms with Gasteiger partial charge in [0.1, 0.15) is 5.82 Å². The third kappa shape index (κ3) is 4.70. The first kappa shape index (κ1) is 17.3. The van der Waals surface area contributed by atoms with Crippen LogP contribution in [-0.4, -0.2) is 19.6 Å². The fraction of sp³-hybridized carbons (Fsp3) is 0.684. The quantitative estimate of drug-likeness (QED) is 0.721. The van der Waals surface area contributed by atoms with E-state index in [2.05, 4.69) is 37.1 Å². The van der Waals surface area contributed by atoms with Gasteiger partial charge in [-0.2, -0.15) is 0 Å². The molecular weight excluding hydrogens is 275 g/mol. The van der Waals surface area contributed by atoms with E-state index in [1.807, 2.05) is 6.07 Å².